The zero-order valence-corrected chi connectivity index (χ0v) is 7.38. The summed E-state index contributed by atoms with van der Waals surface area (Å²) in [6.45, 7) is 0. The number of hydrogen-bond donors (Lipinski definition) is 1. The SMILES string of the molecule is O=C(O)CCC1=CC=CC=CS1. The molecule has 0 saturated heterocycles. The Morgan fingerprint density at radius 2 is 2.25 bits per heavy atom. The van der Waals surface area contributed by atoms with Crippen LogP contribution in [0.1, 0.15) is 12.8 Å². The van der Waals surface area contributed by atoms with E-state index in [4.69, 9.17) is 5.11 Å². The molecule has 1 heterocycles. The maximum Gasteiger partial charge on any atom is 0.303 e. The van der Waals surface area contributed by atoms with E-state index in [2.05, 4.69) is 0 Å². The van der Waals surface area contributed by atoms with E-state index in [1.807, 2.05) is 29.7 Å². The summed E-state index contributed by atoms with van der Waals surface area (Å²) in [6.07, 6.45) is 8.58. The molecule has 0 saturated carbocycles. The smallest absolute Gasteiger partial charge is 0.303 e. The molecule has 1 N–H and O–H groups in total. The number of aliphatic carboxylic acids is 1. The van der Waals surface area contributed by atoms with E-state index in [1.165, 1.54) is 0 Å². The molecule has 0 aromatic rings. The van der Waals surface area contributed by atoms with Gasteiger partial charge in [0.25, 0.3) is 0 Å². The molecule has 0 aromatic carbocycles. The van der Waals surface area contributed by atoms with Gasteiger partial charge in [-0.3, -0.25) is 4.79 Å². The Kier molecular flexibility index (Phi) is 3.67. The first kappa shape index (κ1) is 9.13. The fraction of sp³-hybridized carbons (Fsp3) is 0.222. The van der Waals surface area contributed by atoms with Gasteiger partial charge in [-0.2, -0.15) is 0 Å². The predicted octanol–water partition coefficient (Wildman–Crippen LogP) is 2.55. The minimum absolute atomic E-state index is 0.209. The van der Waals surface area contributed by atoms with E-state index >= 15 is 0 Å². The number of carbonyl (C=O) groups is 1. The second-order valence-electron chi connectivity index (χ2n) is 2.36. The van der Waals surface area contributed by atoms with Crippen molar-refractivity contribution < 1.29 is 9.90 Å². The van der Waals surface area contributed by atoms with Crippen LogP contribution in [0.4, 0.5) is 0 Å². The van der Waals surface area contributed by atoms with Crippen molar-refractivity contribution in [2.75, 3.05) is 0 Å². The lowest BCUT2D eigenvalue weighted by Gasteiger charge is -1.98. The molecular formula is C9H10O2S. The maximum absolute atomic E-state index is 10.3. The van der Waals surface area contributed by atoms with Crippen LogP contribution in [0.5, 0.6) is 0 Å². The molecular weight excluding hydrogens is 172 g/mol. The molecule has 64 valence electrons. The van der Waals surface area contributed by atoms with Crippen molar-refractivity contribution in [3.05, 3.63) is 34.6 Å². The Bertz CT molecular complexity index is 251. The number of hydrogen-bond acceptors (Lipinski definition) is 2. The summed E-state index contributed by atoms with van der Waals surface area (Å²) >= 11 is 1.58. The number of rotatable bonds is 3. The standard InChI is InChI=1S/C9H10O2S/c10-9(11)6-5-8-4-2-1-3-7-12-8/h1-4,7H,5-6H2,(H,10,11). The third kappa shape index (κ3) is 3.44. The van der Waals surface area contributed by atoms with E-state index in [9.17, 15) is 4.79 Å². The van der Waals surface area contributed by atoms with Gasteiger partial charge in [0.15, 0.2) is 0 Å². The summed E-state index contributed by atoms with van der Waals surface area (Å²) in [5, 5.41) is 10.4. The van der Waals surface area contributed by atoms with Crippen LogP contribution in [0.3, 0.4) is 0 Å². The highest BCUT2D eigenvalue weighted by atomic mass is 32.2. The van der Waals surface area contributed by atoms with Crippen LogP contribution in [-0.2, 0) is 4.79 Å². The topological polar surface area (TPSA) is 37.3 Å². The molecule has 0 aromatic heterocycles. The van der Waals surface area contributed by atoms with Gasteiger partial charge in [-0.1, -0.05) is 24.3 Å². The molecule has 1 aliphatic rings. The number of thioether (sulfide) groups is 1. The van der Waals surface area contributed by atoms with Gasteiger partial charge in [0, 0.05) is 6.42 Å². The highest BCUT2D eigenvalue weighted by Gasteiger charge is 2.01. The minimum Gasteiger partial charge on any atom is -0.481 e. The van der Waals surface area contributed by atoms with Gasteiger partial charge in [-0.25, -0.2) is 0 Å². The fourth-order valence-electron chi connectivity index (χ4n) is 0.811. The summed E-state index contributed by atoms with van der Waals surface area (Å²) in [5.41, 5.74) is 0. The molecule has 0 amide bonds. The van der Waals surface area contributed by atoms with Crippen LogP contribution in [0, 0.1) is 0 Å². The zero-order valence-electron chi connectivity index (χ0n) is 6.56. The van der Waals surface area contributed by atoms with Crippen LogP contribution in [0.25, 0.3) is 0 Å². The molecule has 3 heteroatoms. The van der Waals surface area contributed by atoms with Gasteiger partial charge < -0.3 is 5.11 Å². The van der Waals surface area contributed by atoms with Gasteiger partial charge in [-0.15, -0.1) is 11.8 Å². The molecule has 12 heavy (non-hydrogen) atoms. The molecule has 1 aliphatic heterocycles. The van der Waals surface area contributed by atoms with Crippen molar-refractivity contribution in [2.45, 2.75) is 12.8 Å². The van der Waals surface area contributed by atoms with E-state index in [0.717, 1.165) is 4.91 Å². The highest BCUT2D eigenvalue weighted by Crippen LogP contribution is 2.23. The fourth-order valence-corrected chi connectivity index (χ4v) is 1.53. The summed E-state index contributed by atoms with van der Waals surface area (Å²) < 4.78 is 0. The normalized spacial score (nSPS) is 15.5. The van der Waals surface area contributed by atoms with Crippen LogP contribution < -0.4 is 0 Å². The quantitative estimate of drug-likeness (QED) is 0.728. The van der Waals surface area contributed by atoms with E-state index < -0.39 is 5.97 Å². The van der Waals surface area contributed by atoms with Gasteiger partial charge in [0.2, 0.25) is 0 Å². The summed E-state index contributed by atoms with van der Waals surface area (Å²) in [7, 11) is 0. The number of carboxylic acid groups (broad SMARTS) is 1. The molecule has 2 nitrogen and oxygen atoms in total. The van der Waals surface area contributed by atoms with E-state index in [0.29, 0.717) is 6.42 Å². The lowest BCUT2D eigenvalue weighted by Crippen LogP contribution is -1.93. The Morgan fingerprint density at radius 3 is 3.00 bits per heavy atom. The van der Waals surface area contributed by atoms with Crippen molar-refractivity contribution in [2.24, 2.45) is 0 Å². The van der Waals surface area contributed by atoms with Crippen LogP contribution in [0.2, 0.25) is 0 Å². The Balaban J connectivity index is 2.41. The van der Waals surface area contributed by atoms with Crippen molar-refractivity contribution >= 4 is 17.7 Å². The molecule has 0 radical (unpaired) electrons. The highest BCUT2D eigenvalue weighted by molar-refractivity contribution is 8.05. The summed E-state index contributed by atoms with van der Waals surface area (Å²) in [5.74, 6) is -0.742. The molecule has 0 spiro atoms. The minimum atomic E-state index is -0.742. The molecule has 0 atom stereocenters. The Morgan fingerprint density at radius 1 is 1.42 bits per heavy atom. The van der Waals surface area contributed by atoms with Crippen molar-refractivity contribution in [3.63, 3.8) is 0 Å². The third-order valence-corrected chi connectivity index (χ3v) is 2.32. The maximum atomic E-state index is 10.3. The summed E-state index contributed by atoms with van der Waals surface area (Å²) in [4.78, 5) is 11.4. The summed E-state index contributed by atoms with van der Waals surface area (Å²) in [6, 6.07) is 0. The second kappa shape index (κ2) is 4.83. The Hall–Kier alpha value is -0.960. The average molecular weight is 182 g/mol. The zero-order chi connectivity index (χ0) is 8.81. The van der Waals surface area contributed by atoms with E-state index in [-0.39, 0.29) is 6.42 Å². The third-order valence-electron chi connectivity index (χ3n) is 1.39. The molecule has 0 unspecified atom stereocenters. The number of carboxylic acids is 1. The molecule has 0 fully saturated rings. The van der Waals surface area contributed by atoms with Crippen molar-refractivity contribution in [3.8, 4) is 0 Å². The van der Waals surface area contributed by atoms with Gasteiger partial charge in [0.1, 0.15) is 0 Å². The molecule has 0 aliphatic carbocycles. The lowest BCUT2D eigenvalue weighted by molar-refractivity contribution is -0.136. The van der Waals surface area contributed by atoms with Crippen LogP contribution >= 0.6 is 11.8 Å². The predicted molar refractivity (Wildman–Crippen MR) is 50.8 cm³/mol. The number of allylic oxidation sites excluding steroid dienone is 5. The molecule has 0 bridgehead atoms. The van der Waals surface area contributed by atoms with Gasteiger partial charge in [0.05, 0.1) is 0 Å². The average Bonchev–Trinajstić information content (AvgIpc) is 2.28. The first-order valence-electron chi connectivity index (χ1n) is 3.70. The lowest BCUT2D eigenvalue weighted by atomic mass is 10.3. The van der Waals surface area contributed by atoms with Crippen molar-refractivity contribution in [1.29, 1.82) is 0 Å². The van der Waals surface area contributed by atoms with Crippen LogP contribution in [-0.4, -0.2) is 11.1 Å². The Labute approximate surface area is 75.7 Å². The second-order valence-corrected chi connectivity index (χ2v) is 3.39. The van der Waals surface area contributed by atoms with Crippen LogP contribution in [0.15, 0.2) is 34.6 Å². The molecule has 1 rings (SSSR count). The largest absolute Gasteiger partial charge is 0.481 e. The monoisotopic (exact) mass is 182 g/mol. The van der Waals surface area contributed by atoms with Gasteiger partial charge >= 0.3 is 5.97 Å². The van der Waals surface area contributed by atoms with E-state index in [1.54, 1.807) is 11.8 Å². The van der Waals surface area contributed by atoms with Crippen molar-refractivity contribution in [1.82, 2.24) is 0 Å². The first-order chi connectivity index (χ1) is 5.79. The van der Waals surface area contributed by atoms with Gasteiger partial charge in [-0.05, 0) is 16.7 Å². The first-order valence-corrected chi connectivity index (χ1v) is 4.58.